The van der Waals surface area contributed by atoms with Crippen molar-refractivity contribution in [3.63, 3.8) is 0 Å². The van der Waals surface area contributed by atoms with E-state index in [4.69, 9.17) is 4.74 Å². The Bertz CT molecular complexity index is 283. The van der Waals surface area contributed by atoms with Crippen LogP contribution in [0, 0.1) is 0 Å². The van der Waals surface area contributed by atoms with Gasteiger partial charge in [-0.2, -0.15) is 11.3 Å². The molecule has 1 fully saturated rings. The van der Waals surface area contributed by atoms with Gasteiger partial charge in [-0.3, -0.25) is 0 Å². The molecule has 1 aliphatic rings. The van der Waals surface area contributed by atoms with Crippen LogP contribution in [0.4, 0.5) is 0 Å². The van der Waals surface area contributed by atoms with Gasteiger partial charge in [-0.05, 0) is 35.2 Å². The molecule has 1 aliphatic carbocycles. The smallest absolute Gasteiger partial charge is 0.0922 e. The number of rotatable bonds is 5. The summed E-state index contributed by atoms with van der Waals surface area (Å²) >= 11 is 1.62. The molecule has 84 valence electrons. The summed E-state index contributed by atoms with van der Waals surface area (Å²) in [5.74, 6) is 0. The lowest BCUT2D eigenvalue weighted by Gasteiger charge is -2.35. The van der Waals surface area contributed by atoms with Gasteiger partial charge in [0.25, 0.3) is 0 Å². The van der Waals surface area contributed by atoms with E-state index in [0.29, 0.717) is 18.7 Å². The minimum absolute atomic E-state index is 0.377. The summed E-state index contributed by atoms with van der Waals surface area (Å²) < 4.78 is 5.19. The highest BCUT2D eigenvalue weighted by molar-refractivity contribution is 7.07. The summed E-state index contributed by atoms with van der Waals surface area (Å²) in [5.41, 5.74) is 1.01. The molecule has 0 radical (unpaired) electrons. The Morgan fingerprint density at radius 2 is 2.47 bits per heavy atom. The predicted molar refractivity (Wildman–Crippen MR) is 61.1 cm³/mol. The van der Waals surface area contributed by atoms with E-state index >= 15 is 0 Å². The lowest BCUT2D eigenvalue weighted by atomic mass is 9.89. The van der Waals surface area contributed by atoms with E-state index in [1.165, 1.54) is 0 Å². The van der Waals surface area contributed by atoms with E-state index in [-0.39, 0.29) is 6.10 Å². The van der Waals surface area contributed by atoms with Crippen LogP contribution in [0.5, 0.6) is 0 Å². The largest absolute Gasteiger partial charge is 0.387 e. The molecule has 0 amide bonds. The number of thiophene rings is 1. The molecule has 0 saturated heterocycles. The molecule has 2 N–H and O–H groups in total. The fourth-order valence-electron chi connectivity index (χ4n) is 1.79. The first-order valence-electron chi connectivity index (χ1n) is 5.26. The molecule has 2 rings (SSSR count). The SMILES string of the molecule is COC1CC(NCC(O)c2ccsc2)C1. The summed E-state index contributed by atoms with van der Waals surface area (Å²) in [6, 6.07) is 2.48. The molecule has 3 nitrogen and oxygen atoms in total. The minimum atomic E-state index is -0.377. The molecule has 1 aromatic heterocycles. The van der Waals surface area contributed by atoms with E-state index in [1.54, 1.807) is 18.4 Å². The topological polar surface area (TPSA) is 41.5 Å². The number of hydrogen-bond acceptors (Lipinski definition) is 4. The number of aliphatic hydroxyl groups is 1. The van der Waals surface area contributed by atoms with Crippen LogP contribution in [0.2, 0.25) is 0 Å². The summed E-state index contributed by atoms with van der Waals surface area (Å²) in [4.78, 5) is 0. The van der Waals surface area contributed by atoms with Crippen LogP contribution in [0.15, 0.2) is 16.8 Å². The predicted octanol–water partition coefficient (Wildman–Crippen LogP) is 1.55. The Hall–Kier alpha value is -0.420. The molecule has 1 atom stereocenters. The van der Waals surface area contributed by atoms with Gasteiger partial charge in [-0.1, -0.05) is 0 Å². The monoisotopic (exact) mass is 227 g/mol. The van der Waals surface area contributed by atoms with Crippen LogP contribution in [-0.4, -0.2) is 30.9 Å². The fourth-order valence-corrected chi connectivity index (χ4v) is 2.49. The molecule has 1 heterocycles. The van der Waals surface area contributed by atoms with Crippen molar-refractivity contribution >= 4 is 11.3 Å². The van der Waals surface area contributed by atoms with Gasteiger partial charge in [-0.25, -0.2) is 0 Å². The van der Waals surface area contributed by atoms with E-state index in [0.717, 1.165) is 18.4 Å². The summed E-state index contributed by atoms with van der Waals surface area (Å²) in [7, 11) is 1.75. The Balaban J connectivity index is 1.67. The van der Waals surface area contributed by atoms with Crippen molar-refractivity contribution in [3.05, 3.63) is 22.4 Å². The third kappa shape index (κ3) is 2.78. The zero-order valence-electron chi connectivity index (χ0n) is 8.85. The average molecular weight is 227 g/mol. The Morgan fingerprint density at radius 3 is 3.07 bits per heavy atom. The minimum Gasteiger partial charge on any atom is -0.387 e. The number of methoxy groups -OCH3 is 1. The van der Waals surface area contributed by atoms with Crippen molar-refractivity contribution in [2.24, 2.45) is 0 Å². The van der Waals surface area contributed by atoms with Gasteiger partial charge in [0.15, 0.2) is 0 Å². The molecule has 1 aromatic rings. The zero-order chi connectivity index (χ0) is 10.7. The summed E-state index contributed by atoms with van der Waals surface area (Å²) in [5, 5.41) is 17.1. The fraction of sp³-hybridized carbons (Fsp3) is 0.636. The highest BCUT2D eigenvalue weighted by Gasteiger charge is 2.28. The van der Waals surface area contributed by atoms with Gasteiger partial charge >= 0.3 is 0 Å². The molecule has 0 aliphatic heterocycles. The van der Waals surface area contributed by atoms with Gasteiger partial charge in [0.05, 0.1) is 12.2 Å². The third-order valence-corrected chi connectivity index (χ3v) is 3.66. The molecule has 0 spiro atoms. The van der Waals surface area contributed by atoms with Gasteiger partial charge < -0.3 is 15.2 Å². The summed E-state index contributed by atoms with van der Waals surface area (Å²) in [6.45, 7) is 0.637. The van der Waals surface area contributed by atoms with E-state index in [9.17, 15) is 5.11 Å². The molecule has 1 unspecified atom stereocenters. The second-order valence-corrected chi connectivity index (χ2v) is 4.79. The van der Waals surface area contributed by atoms with Gasteiger partial charge in [0.2, 0.25) is 0 Å². The van der Waals surface area contributed by atoms with E-state index in [1.807, 2.05) is 16.8 Å². The van der Waals surface area contributed by atoms with Crippen LogP contribution in [0.25, 0.3) is 0 Å². The van der Waals surface area contributed by atoms with Crippen LogP contribution >= 0.6 is 11.3 Å². The average Bonchev–Trinajstić information content (AvgIpc) is 2.68. The van der Waals surface area contributed by atoms with Crippen molar-refractivity contribution in [3.8, 4) is 0 Å². The normalized spacial score (nSPS) is 27.3. The van der Waals surface area contributed by atoms with Crippen LogP contribution in [0.3, 0.4) is 0 Å². The van der Waals surface area contributed by atoms with Crippen LogP contribution < -0.4 is 5.32 Å². The number of ether oxygens (including phenoxy) is 1. The number of aliphatic hydroxyl groups excluding tert-OH is 1. The molecule has 1 saturated carbocycles. The molecule has 15 heavy (non-hydrogen) atoms. The van der Waals surface area contributed by atoms with Crippen LogP contribution in [0.1, 0.15) is 24.5 Å². The van der Waals surface area contributed by atoms with E-state index < -0.39 is 0 Å². The first-order valence-corrected chi connectivity index (χ1v) is 6.20. The van der Waals surface area contributed by atoms with Crippen molar-refractivity contribution < 1.29 is 9.84 Å². The van der Waals surface area contributed by atoms with Crippen LogP contribution in [-0.2, 0) is 4.74 Å². The second kappa shape index (κ2) is 5.07. The third-order valence-electron chi connectivity index (χ3n) is 2.96. The molecular formula is C11H17NO2S. The highest BCUT2D eigenvalue weighted by atomic mass is 32.1. The first-order chi connectivity index (χ1) is 7.29. The standard InChI is InChI=1S/C11H17NO2S/c1-14-10-4-9(5-10)12-6-11(13)8-2-3-15-7-8/h2-3,7,9-13H,4-6H2,1H3. The van der Waals surface area contributed by atoms with Gasteiger partial charge in [0.1, 0.15) is 0 Å². The molecule has 0 aromatic carbocycles. The summed E-state index contributed by atoms with van der Waals surface area (Å²) in [6.07, 6.45) is 2.17. The van der Waals surface area contributed by atoms with Crippen molar-refractivity contribution in [2.45, 2.75) is 31.1 Å². The van der Waals surface area contributed by atoms with Crippen molar-refractivity contribution in [2.75, 3.05) is 13.7 Å². The number of hydrogen-bond donors (Lipinski definition) is 2. The Labute approximate surface area is 94.1 Å². The second-order valence-electron chi connectivity index (χ2n) is 4.01. The molecule has 0 bridgehead atoms. The highest BCUT2D eigenvalue weighted by Crippen LogP contribution is 2.23. The quantitative estimate of drug-likeness (QED) is 0.802. The lowest BCUT2D eigenvalue weighted by Crippen LogP contribution is -2.46. The Kier molecular flexibility index (Phi) is 3.75. The number of nitrogens with one attached hydrogen (secondary N) is 1. The van der Waals surface area contributed by atoms with Crippen molar-refractivity contribution in [1.29, 1.82) is 0 Å². The molecule has 4 heteroatoms. The van der Waals surface area contributed by atoms with Gasteiger partial charge in [0, 0.05) is 19.7 Å². The molecular weight excluding hydrogens is 210 g/mol. The first kappa shape index (κ1) is 11.1. The zero-order valence-corrected chi connectivity index (χ0v) is 9.67. The lowest BCUT2D eigenvalue weighted by molar-refractivity contribution is 0.0137. The van der Waals surface area contributed by atoms with Crippen molar-refractivity contribution in [1.82, 2.24) is 5.32 Å². The maximum atomic E-state index is 9.81. The maximum Gasteiger partial charge on any atom is 0.0922 e. The van der Waals surface area contributed by atoms with E-state index in [2.05, 4.69) is 5.32 Å². The van der Waals surface area contributed by atoms with Gasteiger partial charge in [-0.15, -0.1) is 0 Å². The Morgan fingerprint density at radius 1 is 1.67 bits per heavy atom. The maximum absolute atomic E-state index is 9.81.